The molecule has 150 valence electrons. The molecule has 26 heavy (non-hydrogen) atoms. The molecule has 0 heterocycles. The number of nitrogens with two attached hydrogens (primary N) is 1. The van der Waals surface area contributed by atoms with Crippen molar-refractivity contribution in [2.45, 2.75) is 70.4 Å². The number of carbonyl (C=O) groups is 1. The second kappa shape index (κ2) is 11.4. The first-order valence-electron chi connectivity index (χ1n) is 8.81. The van der Waals surface area contributed by atoms with Gasteiger partial charge in [-0.3, -0.25) is 4.79 Å². The van der Waals surface area contributed by atoms with Crippen molar-refractivity contribution in [2.24, 2.45) is 0 Å². The van der Waals surface area contributed by atoms with E-state index in [1.165, 1.54) is 16.4 Å². The first-order chi connectivity index (χ1) is 11.8. The molecule has 0 fully saturated rings. The van der Waals surface area contributed by atoms with Gasteiger partial charge in [0, 0.05) is 11.7 Å². The molecular weight excluding hydrogens is 376 g/mol. The zero-order valence-electron chi connectivity index (χ0n) is 16.0. The number of nitrogens with zero attached hydrogens (tertiary/aromatic N) is 1. The molecule has 0 aliphatic rings. The molecule has 0 amide bonds. The number of ether oxygens (including phenoxy) is 1. The summed E-state index contributed by atoms with van der Waals surface area (Å²) in [5, 5.41) is 0. The molecule has 0 radical (unpaired) electrons. The van der Waals surface area contributed by atoms with Gasteiger partial charge in [-0.1, -0.05) is 26.2 Å². The molecule has 0 aliphatic heterocycles. The molecule has 1 aromatic carbocycles. The Hall–Kier alpha value is -1.31. The van der Waals surface area contributed by atoms with E-state index in [9.17, 15) is 13.2 Å². The maximum absolute atomic E-state index is 13.1. The number of hydrogen-bond donors (Lipinski definition) is 1. The molecule has 8 heteroatoms. The van der Waals surface area contributed by atoms with Gasteiger partial charge in [0.1, 0.15) is 6.04 Å². The smallest absolute Gasteiger partial charge is 0.324 e. The van der Waals surface area contributed by atoms with E-state index < -0.39 is 22.0 Å². The highest BCUT2D eigenvalue weighted by Gasteiger charge is 2.38. The van der Waals surface area contributed by atoms with Crippen LogP contribution in [0.3, 0.4) is 0 Å². The molecule has 1 rings (SSSR count). The lowest BCUT2D eigenvalue weighted by Crippen LogP contribution is -2.49. The Morgan fingerprint density at radius 3 is 2.19 bits per heavy atom. The first kappa shape index (κ1) is 24.7. The summed E-state index contributed by atoms with van der Waals surface area (Å²) in [7, 11) is -3.84. The zero-order chi connectivity index (χ0) is 19.0. The van der Waals surface area contributed by atoms with Crippen molar-refractivity contribution in [1.29, 1.82) is 0 Å². The van der Waals surface area contributed by atoms with E-state index in [0.29, 0.717) is 12.1 Å². The highest BCUT2D eigenvalue weighted by molar-refractivity contribution is 7.89. The minimum absolute atomic E-state index is 0. The fraction of sp³-hybridized carbons (Fsp3) is 0.611. The fourth-order valence-electron chi connectivity index (χ4n) is 2.74. The molecule has 0 aromatic heterocycles. The normalized spacial score (nSPS) is 12.7. The van der Waals surface area contributed by atoms with Crippen molar-refractivity contribution in [2.75, 3.05) is 12.3 Å². The molecule has 1 aromatic rings. The van der Waals surface area contributed by atoms with E-state index in [2.05, 4.69) is 6.92 Å². The number of rotatable bonds is 10. The zero-order valence-corrected chi connectivity index (χ0v) is 17.6. The monoisotopic (exact) mass is 406 g/mol. The summed E-state index contributed by atoms with van der Waals surface area (Å²) in [5.74, 6) is -0.494. The Kier molecular flexibility index (Phi) is 10.8. The van der Waals surface area contributed by atoms with Crippen molar-refractivity contribution in [1.82, 2.24) is 4.31 Å². The average Bonchev–Trinajstić information content (AvgIpc) is 2.54. The summed E-state index contributed by atoms with van der Waals surface area (Å²) < 4.78 is 32.7. The molecule has 1 atom stereocenters. The number of nitrogen functional groups attached to an aromatic ring is 1. The van der Waals surface area contributed by atoms with E-state index in [-0.39, 0.29) is 30.0 Å². The van der Waals surface area contributed by atoms with Gasteiger partial charge in [-0.2, -0.15) is 4.31 Å². The molecule has 0 unspecified atom stereocenters. The number of unbranched alkanes of at least 4 members (excludes halogenated alkanes) is 2. The van der Waals surface area contributed by atoms with E-state index in [0.717, 1.165) is 19.3 Å². The second-order valence-electron chi connectivity index (χ2n) is 6.26. The van der Waals surface area contributed by atoms with E-state index in [1.54, 1.807) is 32.9 Å². The SMILES string of the molecule is CCCCC[C@@H](C(=O)OCC)N(C(C)C)S(=O)(=O)c1ccc(N)cc1.Cl. The fourth-order valence-corrected chi connectivity index (χ4v) is 4.55. The lowest BCUT2D eigenvalue weighted by Gasteiger charge is -2.32. The van der Waals surface area contributed by atoms with E-state index in [1.807, 2.05) is 0 Å². The van der Waals surface area contributed by atoms with Crippen LogP contribution in [0, 0.1) is 0 Å². The predicted molar refractivity (Wildman–Crippen MR) is 107 cm³/mol. The Morgan fingerprint density at radius 2 is 1.73 bits per heavy atom. The van der Waals surface area contributed by atoms with Crippen LogP contribution in [0.25, 0.3) is 0 Å². The quantitative estimate of drug-likeness (QED) is 0.364. The minimum Gasteiger partial charge on any atom is -0.465 e. The highest BCUT2D eigenvalue weighted by atomic mass is 35.5. The summed E-state index contributed by atoms with van der Waals surface area (Å²) in [6.07, 6.45) is 3.13. The maximum atomic E-state index is 13.1. The van der Waals surface area contributed by atoms with Gasteiger partial charge in [-0.15, -0.1) is 12.4 Å². The van der Waals surface area contributed by atoms with Gasteiger partial charge >= 0.3 is 5.97 Å². The lowest BCUT2D eigenvalue weighted by molar-refractivity contribution is -0.148. The van der Waals surface area contributed by atoms with Crippen LogP contribution in [0.4, 0.5) is 5.69 Å². The first-order valence-corrected chi connectivity index (χ1v) is 10.2. The van der Waals surface area contributed by atoms with E-state index >= 15 is 0 Å². The van der Waals surface area contributed by atoms with Crippen LogP contribution >= 0.6 is 12.4 Å². The Balaban J connectivity index is 0.00000625. The third-order valence-electron chi connectivity index (χ3n) is 3.91. The Bertz CT molecular complexity index is 648. The topological polar surface area (TPSA) is 89.7 Å². The standard InChI is InChI=1S/C18H30N2O4S.ClH/c1-5-7-8-9-17(18(21)24-6-2)20(14(3)4)25(22,23)16-12-10-15(19)11-13-16;/h10-14,17H,5-9,19H2,1-4H3;1H/t17-;/m0./s1. The van der Waals surface area contributed by atoms with Crippen LogP contribution < -0.4 is 5.73 Å². The van der Waals surface area contributed by atoms with Gasteiger partial charge in [0.15, 0.2) is 0 Å². The number of halogens is 1. The van der Waals surface area contributed by atoms with Crippen LogP contribution in [0.1, 0.15) is 53.4 Å². The van der Waals surface area contributed by atoms with Crippen molar-refractivity contribution < 1.29 is 17.9 Å². The van der Waals surface area contributed by atoms with Crippen LogP contribution in [-0.4, -0.2) is 37.4 Å². The van der Waals surface area contributed by atoms with Crippen LogP contribution in [-0.2, 0) is 19.6 Å². The molecule has 0 aliphatic carbocycles. The van der Waals surface area contributed by atoms with Crippen molar-refractivity contribution in [3.63, 3.8) is 0 Å². The molecule has 2 N–H and O–H groups in total. The summed E-state index contributed by atoms with van der Waals surface area (Å²) in [4.78, 5) is 12.6. The van der Waals surface area contributed by atoms with Gasteiger partial charge in [0.25, 0.3) is 0 Å². The van der Waals surface area contributed by atoms with Crippen LogP contribution in [0.2, 0.25) is 0 Å². The largest absolute Gasteiger partial charge is 0.465 e. The van der Waals surface area contributed by atoms with Gasteiger partial charge in [0.05, 0.1) is 11.5 Å². The summed E-state index contributed by atoms with van der Waals surface area (Å²) in [5.41, 5.74) is 6.14. The number of hydrogen-bond acceptors (Lipinski definition) is 5. The molecular formula is C18H31ClN2O4S. The Labute approximate surface area is 163 Å². The van der Waals surface area contributed by atoms with Crippen LogP contribution in [0.5, 0.6) is 0 Å². The minimum atomic E-state index is -3.84. The van der Waals surface area contributed by atoms with Gasteiger partial charge in [-0.05, 0) is 51.5 Å². The Morgan fingerprint density at radius 1 is 1.15 bits per heavy atom. The van der Waals surface area contributed by atoms with Crippen molar-refractivity contribution in [3.8, 4) is 0 Å². The van der Waals surface area contributed by atoms with Gasteiger partial charge in [0.2, 0.25) is 10.0 Å². The molecule has 0 saturated heterocycles. The summed E-state index contributed by atoms with van der Waals surface area (Å²) in [6, 6.07) is 4.82. The van der Waals surface area contributed by atoms with Crippen molar-refractivity contribution >= 4 is 34.1 Å². The molecule has 0 saturated carbocycles. The second-order valence-corrected chi connectivity index (χ2v) is 8.10. The number of carbonyl (C=O) groups excluding carboxylic acids is 1. The third kappa shape index (κ3) is 6.45. The maximum Gasteiger partial charge on any atom is 0.324 e. The number of anilines is 1. The summed E-state index contributed by atoms with van der Waals surface area (Å²) in [6.45, 7) is 7.53. The van der Waals surface area contributed by atoms with Crippen molar-refractivity contribution in [3.05, 3.63) is 24.3 Å². The molecule has 6 nitrogen and oxygen atoms in total. The number of sulfonamides is 1. The average molecular weight is 407 g/mol. The summed E-state index contributed by atoms with van der Waals surface area (Å²) >= 11 is 0. The van der Waals surface area contributed by atoms with Crippen LogP contribution in [0.15, 0.2) is 29.2 Å². The lowest BCUT2D eigenvalue weighted by atomic mass is 10.1. The van der Waals surface area contributed by atoms with Gasteiger partial charge in [-0.25, -0.2) is 8.42 Å². The molecule has 0 bridgehead atoms. The highest BCUT2D eigenvalue weighted by Crippen LogP contribution is 2.25. The number of benzene rings is 1. The van der Waals surface area contributed by atoms with E-state index in [4.69, 9.17) is 10.5 Å². The third-order valence-corrected chi connectivity index (χ3v) is 6.01. The number of esters is 1. The predicted octanol–water partition coefficient (Wildman–Crippen LogP) is 3.60. The molecule has 0 spiro atoms. The van der Waals surface area contributed by atoms with Gasteiger partial charge < -0.3 is 10.5 Å².